The Morgan fingerprint density at radius 1 is 1.33 bits per heavy atom. The number of hydrogen-bond acceptors (Lipinski definition) is 1. The van der Waals surface area contributed by atoms with Crippen LogP contribution in [0.2, 0.25) is 10.0 Å². The Labute approximate surface area is 102 Å². The van der Waals surface area contributed by atoms with Crippen LogP contribution in [0.3, 0.4) is 0 Å². The number of hydrogen-bond donors (Lipinski definition) is 1. The van der Waals surface area contributed by atoms with Crippen LogP contribution in [0.25, 0.3) is 0 Å². The minimum absolute atomic E-state index is 0.478. The van der Waals surface area contributed by atoms with Crippen LogP contribution in [-0.2, 0) is 6.42 Å². The highest BCUT2D eigenvalue weighted by molar-refractivity contribution is 6.33. The molecule has 0 aromatic heterocycles. The predicted molar refractivity (Wildman–Crippen MR) is 67.9 cm³/mol. The second-order valence-corrected chi connectivity index (χ2v) is 4.56. The number of rotatable bonds is 5. The van der Waals surface area contributed by atoms with Crippen molar-refractivity contribution in [2.45, 2.75) is 32.2 Å². The molecule has 1 nitrogen and oxygen atoms in total. The van der Waals surface area contributed by atoms with Gasteiger partial charge in [-0.3, -0.25) is 0 Å². The van der Waals surface area contributed by atoms with Crippen LogP contribution < -0.4 is 5.32 Å². The SMILES string of the molecule is CCCC(Cc1cc(Cl)ccc1Cl)NC. The molecule has 1 unspecified atom stereocenters. The first-order chi connectivity index (χ1) is 7.17. The number of benzene rings is 1. The summed E-state index contributed by atoms with van der Waals surface area (Å²) >= 11 is 12.1. The zero-order valence-electron chi connectivity index (χ0n) is 9.19. The third-order valence-corrected chi connectivity index (χ3v) is 3.12. The summed E-state index contributed by atoms with van der Waals surface area (Å²) in [5, 5.41) is 4.85. The molecule has 0 spiro atoms. The predicted octanol–water partition coefficient (Wildman–Crippen LogP) is 3.92. The second-order valence-electron chi connectivity index (χ2n) is 3.71. The van der Waals surface area contributed by atoms with E-state index in [1.165, 1.54) is 6.42 Å². The highest BCUT2D eigenvalue weighted by Gasteiger charge is 2.09. The summed E-state index contributed by atoms with van der Waals surface area (Å²) in [5.74, 6) is 0. The highest BCUT2D eigenvalue weighted by atomic mass is 35.5. The fourth-order valence-electron chi connectivity index (χ4n) is 1.66. The smallest absolute Gasteiger partial charge is 0.0439 e. The summed E-state index contributed by atoms with van der Waals surface area (Å²) in [6.07, 6.45) is 3.26. The molecule has 1 rings (SSSR count). The molecule has 3 heteroatoms. The molecule has 0 fully saturated rings. The molecule has 15 heavy (non-hydrogen) atoms. The quantitative estimate of drug-likeness (QED) is 0.830. The van der Waals surface area contributed by atoms with E-state index in [0.717, 1.165) is 28.5 Å². The Balaban J connectivity index is 2.73. The number of nitrogens with one attached hydrogen (secondary N) is 1. The van der Waals surface area contributed by atoms with Crippen LogP contribution in [0.5, 0.6) is 0 Å². The molecule has 0 saturated heterocycles. The van der Waals surface area contributed by atoms with Crippen molar-refractivity contribution >= 4 is 23.2 Å². The van der Waals surface area contributed by atoms with Gasteiger partial charge in [0.05, 0.1) is 0 Å². The van der Waals surface area contributed by atoms with E-state index in [0.29, 0.717) is 6.04 Å². The topological polar surface area (TPSA) is 12.0 Å². The summed E-state index contributed by atoms with van der Waals surface area (Å²) in [4.78, 5) is 0. The van der Waals surface area contributed by atoms with Gasteiger partial charge < -0.3 is 5.32 Å². The first-order valence-electron chi connectivity index (χ1n) is 5.28. The number of likely N-dealkylation sites (N-methyl/N-ethyl adjacent to an activating group) is 1. The Bertz CT molecular complexity index is 312. The summed E-state index contributed by atoms with van der Waals surface area (Å²) in [6.45, 7) is 2.18. The highest BCUT2D eigenvalue weighted by Crippen LogP contribution is 2.22. The fraction of sp³-hybridized carbons (Fsp3) is 0.500. The van der Waals surface area contributed by atoms with Crippen molar-refractivity contribution in [2.24, 2.45) is 0 Å². The van der Waals surface area contributed by atoms with Gasteiger partial charge in [-0.15, -0.1) is 0 Å². The van der Waals surface area contributed by atoms with Gasteiger partial charge in [0, 0.05) is 16.1 Å². The maximum atomic E-state index is 6.11. The largest absolute Gasteiger partial charge is 0.317 e. The van der Waals surface area contributed by atoms with Crippen molar-refractivity contribution in [3.63, 3.8) is 0 Å². The molecule has 0 aliphatic carbocycles. The van der Waals surface area contributed by atoms with Crippen LogP contribution in [0.4, 0.5) is 0 Å². The first kappa shape index (κ1) is 12.8. The van der Waals surface area contributed by atoms with Gasteiger partial charge in [0.1, 0.15) is 0 Å². The van der Waals surface area contributed by atoms with Gasteiger partial charge in [0.25, 0.3) is 0 Å². The summed E-state index contributed by atoms with van der Waals surface area (Å²) in [7, 11) is 1.98. The van der Waals surface area contributed by atoms with Gasteiger partial charge in [-0.25, -0.2) is 0 Å². The third-order valence-electron chi connectivity index (χ3n) is 2.52. The van der Waals surface area contributed by atoms with Crippen LogP contribution in [0.1, 0.15) is 25.3 Å². The molecule has 0 aliphatic heterocycles. The van der Waals surface area contributed by atoms with Gasteiger partial charge in [0.15, 0.2) is 0 Å². The summed E-state index contributed by atoms with van der Waals surface area (Å²) < 4.78 is 0. The van der Waals surface area contributed by atoms with Crippen molar-refractivity contribution in [2.75, 3.05) is 7.05 Å². The lowest BCUT2D eigenvalue weighted by molar-refractivity contribution is 0.514. The van der Waals surface area contributed by atoms with Crippen molar-refractivity contribution in [1.29, 1.82) is 0 Å². The molecule has 1 aromatic carbocycles. The minimum Gasteiger partial charge on any atom is -0.317 e. The molecule has 0 heterocycles. The normalized spacial score (nSPS) is 12.8. The minimum atomic E-state index is 0.478. The Kier molecular flexibility index (Phi) is 5.44. The van der Waals surface area contributed by atoms with Gasteiger partial charge in [-0.05, 0) is 43.7 Å². The average molecular weight is 246 g/mol. The van der Waals surface area contributed by atoms with Gasteiger partial charge >= 0.3 is 0 Å². The lowest BCUT2D eigenvalue weighted by atomic mass is 10.0. The van der Waals surface area contributed by atoms with E-state index in [4.69, 9.17) is 23.2 Å². The fourth-order valence-corrected chi connectivity index (χ4v) is 2.05. The van der Waals surface area contributed by atoms with Crippen molar-refractivity contribution in [3.05, 3.63) is 33.8 Å². The van der Waals surface area contributed by atoms with E-state index in [2.05, 4.69) is 12.2 Å². The monoisotopic (exact) mass is 245 g/mol. The maximum absolute atomic E-state index is 6.11. The zero-order chi connectivity index (χ0) is 11.3. The van der Waals surface area contributed by atoms with Crippen LogP contribution in [0.15, 0.2) is 18.2 Å². The molecular formula is C12H17Cl2N. The number of halogens is 2. The van der Waals surface area contributed by atoms with E-state index in [1.54, 1.807) is 0 Å². The summed E-state index contributed by atoms with van der Waals surface area (Å²) in [5.41, 5.74) is 1.12. The lowest BCUT2D eigenvalue weighted by Crippen LogP contribution is -2.27. The molecule has 84 valence electrons. The lowest BCUT2D eigenvalue weighted by Gasteiger charge is -2.16. The van der Waals surface area contributed by atoms with Crippen molar-refractivity contribution in [1.82, 2.24) is 5.32 Å². The Hall–Kier alpha value is -0.240. The Morgan fingerprint density at radius 2 is 2.07 bits per heavy atom. The Morgan fingerprint density at radius 3 is 2.67 bits per heavy atom. The average Bonchev–Trinajstić information content (AvgIpc) is 2.22. The first-order valence-corrected chi connectivity index (χ1v) is 6.04. The van der Waals surface area contributed by atoms with Crippen molar-refractivity contribution < 1.29 is 0 Å². The zero-order valence-corrected chi connectivity index (χ0v) is 10.7. The van der Waals surface area contributed by atoms with E-state index >= 15 is 0 Å². The van der Waals surface area contributed by atoms with Gasteiger partial charge in [0.2, 0.25) is 0 Å². The standard InChI is InChI=1S/C12H17Cl2N/c1-3-4-11(15-2)8-9-7-10(13)5-6-12(9)14/h5-7,11,15H,3-4,8H2,1-2H3. The van der Waals surface area contributed by atoms with E-state index in [9.17, 15) is 0 Å². The molecule has 0 aliphatic rings. The molecule has 1 atom stereocenters. The van der Waals surface area contributed by atoms with Gasteiger partial charge in [-0.2, -0.15) is 0 Å². The second kappa shape index (κ2) is 6.37. The molecular weight excluding hydrogens is 229 g/mol. The molecule has 0 saturated carbocycles. The van der Waals surface area contributed by atoms with E-state index in [1.807, 2.05) is 25.2 Å². The van der Waals surface area contributed by atoms with Crippen molar-refractivity contribution in [3.8, 4) is 0 Å². The molecule has 0 bridgehead atoms. The third kappa shape index (κ3) is 4.02. The van der Waals surface area contributed by atoms with Crippen LogP contribution in [0, 0.1) is 0 Å². The van der Waals surface area contributed by atoms with Crippen LogP contribution >= 0.6 is 23.2 Å². The molecule has 0 amide bonds. The van der Waals surface area contributed by atoms with E-state index < -0.39 is 0 Å². The summed E-state index contributed by atoms with van der Waals surface area (Å²) in [6, 6.07) is 6.11. The molecule has 0 radical (unpaired) electrons. The van der Waals surface area contributed by atoms with E-state index in [-0.39, 0.29) is 0 Å². The van der Waals surface area contributed by atoms with Gasteiger partial charge in [-0.1, -0.05) is 36.5 Å². The molecule has 1 N–H and O–H groups in total. The maximum Gasteiger partial charge on any atom is 0.0439 e. The molecule has 1 aromatic rings. The van der Waals surface area contributed by atoms with Crippen LogP contribution in [-0.4, -0.2) is 13.1 Å².